The van der Waals surface area contributed by atoms with Crippen LogP contribution in [0.3, 0.4) is 0 Å². The molecule has 0 aliphatic heterocycles. The third kappa shape index (κ3) is 4.19. The molecule has 102 valence electrons. The van der Waals surface area contributed by atoms with Crippen molar-refractivity contribution in [3.8, 4) is 0 Å². The molecule has 0 bridgehead atoms. The molecule has 1 heterocycles. The van der Waals surface area contributed by atoms with Gasteiger partial charge in [0.15, 0.2) is 0 Å². The third-order valence-electron chi connectivity index (χ3n) is 2.00. The van der Waals surface area contributed by atoms with Crippen LogP contribution in [0.25, 0.3) is 0 Å². The predicted molar refractivity (Wildman–Crippen MR) is 64.5 cm³/mol. The molecule has 0 saturated carbocycles. The average molecular weight is 282 g/mol. The fraction of sp³-hybridized carbons (Fsp3) is 0.667. The molecule has 0 aliphatic carbocycles. The van der Waals surface area contributed by atoms with Gasteiger partial charge in [0.2, 0.25) is 17.2 Å². The van der Waals surface area contributed by atoms with Crippen molar-refractivity contribution < 1.29 is 13.9 Å². The summed E-state index contributed by atoms with van der Waals surface area (Å²) in [6.07, 6.45) is -2.56. The molecular formula is C9H14ClF2N5O. The Hall–Kier alpha value is -1.28. The van der Waals surface area contributed by atoms with Gasteiger partial charge in [-0.05, 0) is 11.6 Å². The first kappa shape index (κ1) is 14.8. The summed E-state index contributed by atoms with van der Waals surface area (Å²) in [6.45, 7) is -0.862. The van der Waals surface area contributed by atoms with Crippen molar-refractivity contribution in [2.45, 2.75) is 6.43 Å². The van der Waals surface area contributed by atoms with Gasteiger partial charge in [0.1, 0.15) is 0 Å². The number of rotatable bonds is 6. The van der Waals surface area contributed by atoms with E-state index < -0.39 is 13.0 Å². The number of alkyl halides is 2. The van der Waals surface area contributed by atoms with Crippen LogP contribution in [-0.2, 0) is 0 Å². The van der Waals surface area contributed by atoms with E-state index >= 15 is 0 Å². The van der Waals surface area contributed by atoms with Gasteiger partial charge in [-0.2, -0.15) is 15.0 Å². The summed E-state index contributed by atoms with van der Waals surface area (Å²) in [5.74, 6) is 0.287. The van der Waals surface area contributed by atoms with Crippen molar-refractivity contribution in [1.82, 2.24) is 15.0 Å². The standard InChI is InChI=1S/C9H14ClF2N5O/c1-16(2)8-13-7(10)14-9(15-8)17(3-4-18)5-6(11)12/h6,18H,3-5H2,1-2H3. The Morgan fingerprint density at radius 1 is 1.22 bits per heavy atom. The zero-order chi connectivity index (χ0) is 13.7. The van der Waals surface area contributed by atoms with E-state index in [4.69, 9.17) is 16.7 Å². The maximum absolute atomic E-state index is 12.4. The third-order valence-corrected chi connectivity index (χ3v) is 2.16. The van der Waals surface area contributed by atoms with E-state index in [0.717, 1.165) is 4.90 Å². The number of hydrogen-bond donors (Lipinski definition) is 1. The first-order valence-electron chi connectivity index (χ1n) is 5.17. The van der Waals surface area contributed by atoms with E-state index in [1.165, 1.54) is 0 Å². The molecule has 0 fully saturated rings. The highest BCUT2D eigenvalue weighted by atomic mass is 35.5. The number of nitrogens with zero attached hydrogens (tertiary/aromatic N) is 5. The highest BCUT2D eigenvalue weighted by Gasteiger charge is 2.17. The highest BCUT2D eigenvalue weighted by Crippen LogP contribution is 2.16. The smallest absolute Gasteiger partial charge is 0.255 e. The molecule has 1 rings (SSSR count). The van der Waals surface area contributed by atoms with Gasteiger partial charge in [-0.1, -0.05) is 0 Å². The van der Waals surface area contributed by atoms with Crippen LogP contribution in [0.1, 0.15) is 0 Å². The molecule has 0 aliphatic rings. The molecular weight excluding hydrogens is 268 g/mol. The summed E-state index contributed by atoms with van der Waals surface area (Å²) in [5.41, 5.74) is 0. The van der Waals surface area contributed by atoms with Gasteiger partial charge in [0.25, 0.3) is 6.43 Å². The quantitative estimate of drug-likeness (QED) is 0.826. The topological polar surface area (TPSA) is 65.4 Å². The lowest BCUT2D eigenvalue weighted by Gasteiger charge is -2.22. The van der Waals surface area contributed by atoms with Gasteiger partial charge < -0.3 is 14.9 Å². The summed E-state index contributed by atoms with van der Waals surface area (Å²) in [7, 11) is 3.39. The first-order chi connectivity index (χ1) is 8.43. The van der Waals surface area contributed by atoms with Crippen LogP contribution in [0.4, 0.5) is 20.7 Å². The number of hydrogen-bond acceptors (Lipinski definition) is 6. The Bertz CT molecular complexity index is 393. The minimum atomic E-state index is -2.56. The van der Waals surface area contributed by atoms with Gasteiger partial charge in [-0.25, -0.2) is 8.78 Å². The monoisotopic (exact) mass is 281 g/mol. The summed E-state index contributed by atoms with van der Waals surface area (Å²) in [5, 5.41) is 8.78. The number of aromatic nitrogens is 3. The van der Waals surface area contributed by atoms with Crippen LogP contribution >= 0.6 is 11.6 Å². The minimum absolute atomic E-state index is 0.00243. The molecule has 18 heavy (non-hydrogen) atoms. The fourth-order valence-corrected chi connectivity index (χ4v) is 1.38. The van der Waals surface area contributed by atoms with Crippen molar-refractivity contribution in [3.63, 3.8) is 0 Å². The van der Waals surface area contributed by atoms with Gasteiger partial charge >= 0.3 is 0 Å². The molecule has 1 aromatic heterocycles. The van der Waals surface area contributed by atoms with Gasteiger partial charge in [-0.3, -0.25) is 0 Å². The van der Waals surface area contributed by atoms with Gasteiger partial charge in [-0.15, -0.1) is 0 Å². The maximum atomic E-state index is 12.4. The van der Waals surface area contributed by atoms with Gasteiger partial charge in [0, 0.05) is 20.6 Å². The van der Waals surface area contributed by atoms with E-state index in [-0.39, 0.29) is 30.3 Å². The molecule has 0 unspecified atom stereocenters. The van der Waals surface area contributed by atoms with Crippen molar-refractivity contribution >= 4 is 23.5 Å². The van der Waals surface area contributed by atoms with Crippen LogP contribution in [0, 0.1) is 0 Å². The van der Waals surface area contributed by atoms with Crippen molar-refractivity contribution in [1.29, 1.82) is 0 Å². The first-order valence-corrected chi connectivity index (χ1v) is 5.54. The maximum Gasteiger partial charge on any atom is 0.255 e. The number of aliphatic hydroxyl groups is 1. The van der Waals surface area contributed by atoms with Crippen LogP contribution in [0.2, 0.25) is 5.28 Å². The summed E-state index contributed by atoms with van der Waals surface area (Å²) >= 11 is 5.71. The average Bonchev–Trinajstić information content (AvgIpc) is 2.27. The van der Waals surface area contributed by atoms with Gasteiger partial charge in [0.05, 0.1) is 13.2 Å². The number of anilines is 2. The minimum Gasteiger partial charge on any atom is -0.395 e. The summed E-state index contributed by atoms with van der Waals surface area (Å²) in [4.78, 5) is 14.4. The molecule has 0 amide bonds. The number of aliphatic hydroxyl groups excluding tert-OH is 1. The van der Waals surface area contributed by atoms with Crippen molar-refractivity contribution in [2.75, 3.05) is 43.6 Å². The second kappa shape index (κ2) is 6.60. The lowest BCUT2D eigenvalue weighted by atomic mass is 10.5. The molecule has 6 nitrogen and oxygen atoms in total. The Morgan fingerprint density at radius 2 is 1.83 bits per heavy atom. The second-order valence-corrected chi connectivity index (χ2v) is 4.00. The Labute approximate surface area is 108 Å². The van der Waals surface area contributed by atoms with E-state index in [1.807, 2.05) is 0 Å². The fourth-order valence-electron chi connectivity index (χ4n) is 1.23. The van der Waals surface area contributed by atoms with E-state index in [2.05, 4.69) is 15.0 Å². The van der Waals surface area contributed by atoms with E-state index in [0.29, 0.717) is 0 Å². The normalized spacial score (nSPS) is 10.8. The van der Waals surface area contributed by atoms with Crippen LogP contribution in [0.5, 0.6) is 0 Å². The Balaban J connectivity index is 3.02. The molecule has 0 spiro atoms. The highest BCUT2D eigenvalue weighted by molar-refractivity contribution is 6.28. The summed E-state index contributed by atoms with van der Waals surface area (Å²) in [6, 6.07) is 0. The zero-order valence-electron chi connectivity index (χ0n) is 10.0. The largest absolute Gasteiger partial charge is 0.395 e. The molecule has 1 aromatic rings. The summed E-state index contributed by atoms with van der Waals surface area (Å²) < 4.78 is 24.8. The molecule has 0 atom stereocenters. The van der Waals surface area contributed by atoms with Crippen LogP contribution in [0.15, 0.2) is 0 Å². The predicted octanol–water partition coefficient (Wildman–Crippen LogP) is 0.655. The molecule has 1 N–H and O–H groups in total. The Morgan fingerprint density at radius 3 is 2.33 bits per heavy atom. The SMILES string of the molecule is CN(C)c1nc(Cl)nc(N(CCO)CC(F)F)n1. The molecule has 9 heteroatoms. The zero-order valence-corrected chi connectivity index (χ0v) is 10.8. The van der Waals surface area contributed by atoms with Crippen molar-refractivity contribution in [2.24, 2.45) is 0 Å². The lowest BCUT2D eigenvalue weighted by Crippen LogP contribution is -2.33. The Kier molecular flexibility index (Phi) is 5.42. The molecule has 0 aromatic carbocycles. The van der Waals surface area contributed by atoms with E-state index in [9.17, 15) is 8.78 Å². The van der Waals surface area contributed by atoms with E-state index in [1.54, 1.807) is 19.0 Å². The number of halogens is 3. The molecule has 0 saturated heterocycles. The van der Waals surface area contributed by atoms with Crippen molar-refractivity contribution in [3.05, 3.63) is 5.28 Å². The van der Waals surface area contributed by atoms with Crippen LogP contribution in [-0.4, -0.2) is 60.3 Å². The van der Waals surface area contributed by atoms with Crippen LogP contribution < -0.4 is 9.80 Å². The molecule has 0 radical (unpaired) electrons. The second-order valence-electron chi connectivity index (χ2n) is 3.66. The lowest BCUT2D eigenvalue weighted by molar-refractivity contribution is 0.152.